The van der Waals surface area contributed by atoms with Crippen molar-refractivity contribution >= 4 is 63.7 Å². The largest absolute Gasteiger partial charge is 0.355 e. The summed E-state index contributed by atoms with van der Waals surface area (Å²) in [7, 11) is 0.968. The van der Waals surface area contributed by atoms with Crippen molar-refractivity contribution in [2.75, 3.05) is 45.5 Å². The van der Waals surface area contributed by atoms with Crippen molar-refractivity contribution in [2.24, 2.45) is 4.99 Å². The van der Waals surface area contributed by atoms with Gasteiger partial charge in [-0.15, -0.1) is 35.3 Å². The van der Waals surface area contributed by atoms with Gasteiger partial charge in [0.15, 0.2) is 5.96 Å². The highest BCUT2D eigenvalue weighted by atomic mass is 127. The smallest absolute Gasteiger partial charge is 0.193 e. The second kappa shape index (κ2) is 11.2. The number of thiophene rings is 1. The molecule has 5 nitrogen and oxygen atoms in total. The van der Waals surface area contributed by atoms with E-state index < -0.39 is 10.8 Å². The quantitative estimate of drug-likeness (QED) is 0.359. The van der Waals surface area contributed by atoms with Crippen LogP contribution in [0.15, 0.2) is 17.1 Å². The Balaban J connectivity index is 0.00000338. The fourth-order valence-electron chi connectivity index (χ4n) is 2.67. The molecule has 1 atom stereocenters. The van der Waals surface area contributed by atoms with Gasteiger partial charge in [-0.1, -0.05) is 11.6 Å². The molecule has 2 heterocycles. The van der Waals surface area contributed by atoms with Crippen LogP contribution in [-0.2, 0) is 17.3 Å². The van der Waals surface area contributed by atoms with E-state index in [1.54, 1.807) is 11.3 Å². The molecular formula is C17H30ClIN4OS2. The first-order valence-corrected chi connectivity index (χ1v) is 11.1. The van der Waals surface area contributed by atoms with Gasteiger partial charge < -0.3 is 10.2 Å². The zero-order chi connectivity index (χ0) is 18.4. The van der Waals surface area contributed by atoms with Crippen LogP contribution in [0.3, 0.4) is 0 Å². The highest BCUT2D eigenvalue weighted by Crippen LogP contribution is 2.23. The minimum Gasteiger partial charge on any atom is -0.355 e. The van der Waals surface area contributed by atoms with E-state index in [4.69, 9.17) is 11.6 Å². The summed E-state index contributed by atoms with van der Waals surface area (Å²) >= 11 is 7.66. The number of halogens is 2. The van der Waals surface area contributed by atoms with Crippen molar-refractivity contribution < 1.29 is 4.21 Å². The lowest BCUT2D eigenvalue weighted by atomic mass is 10.3. The monoisotopic (exact) mass is 532 g/mol. The van der Waals surface area contributed by atoms with Crippen LogP contribution in [0.1, 0.15) is 25.6 Å². The molecule has 0 radical (unpaired) electrons. The van der Waals surface area contributed by atoms with Crippen LogP contribution in [0.5, 0.6) is 0 Å². The van der Waals surface area contributed by atoms with E-state index in [9.17, 15) is 4.21 Å². The van der Waals surface area contributed by atoms with E-state index in [0.717, 1.165) is 43.0 Å². The van der Waals surface area contributed by atoms with Gasteiger partial charge in [-0.2, -0.15) is 0 Å². The number of piperazine rings is 1. The molecule has 0 amide bonds. The maximum absolute atomic E-state index is 12.1. The Morgan fingerprint density at radius 3 is 2.46 bits per heavy atom. The molecule has 1 aliphatic rings. The zero-order valence-electron chi connectivity index (χ0n) is 16.0. The Morgan fingerprint density at radius 2 is 1.96 bits per heavy atom. The molecule has 2 rings (SSSR count). The van der Waals surface area contributed by atoms with Crippen LogP contribution in [0.25, 0.3) is 0 Å². The number of nitrogens with zero attached hydrogens (tertiary/aromatic N) is 3. The third-order valence-electron chi connectivity index (χ3n) is 4.15. The van der Waals surface area contributed by atoms with Crippen LogP contribution in [-0.4, -0.2) is 70.2 Å². The van der Waals surface area contributed by atoms with E-state index in [1.165, 1.54) is 4.88 Å². The molecule has 1 unspecified atom stereocenters. The average molecular weight is 533 g/mol. The number of hydrogen-bond donors (Lipinski definition) is 1. The first-order chi connectivity index (χ1) is 11.8. The summed E-state index contributed by atoms with van der Waals surface area (Å²) in [4.78, 5) is 10.4. The molecule has 0 spiro atoms. The third-order valence-corrected chi connectivity index (χ3v) is 7.30. The predicted molar refractivity (Wildman–Crippen MR) is 126 cm³/mol. The molecule has 26 heavy (non-hydrogen) atoms. The van der Waals surface area contributed by atoms with Crippen molar-refractivity contribution in [1.29, 1.82) is 0 Å². The van der Waals surface area contributed by atoms with E-state index in [1.807, 2.05) is 33.9 Å². The topological polar surface area (TPSA) is 47.9 Å². The Bertz CT molecular complexity index is 610. The fourth-order valence-corrected chi connectivity index (χ4v) is 4.70. The van der Waals surface area contributed by atoms with E-state index in [-0.39, 0.29) is 28.7 Å². The first kappa shape index (κ1) is 24.1. The lowest BCUT2D eigenvalue weighted by Gasteiger charge is -2.36. The maximum atomic E-state index is 12.1. The van der Waals surface area contributed by atoms with Crippen molar-refractivity contribution in [2.45, 2.75) is 32.1 Å². The molecule has 9 heteroatoms. The number of guanidine groups is 1. The first-order valence-electron chi connectivity index (χ1n) is 8.60. The number of aliphatic imine (C=N–C) groups is 1. The van der Waals surface area contributed by atoms with Gasteiger partial charge in [-0.3, -0.25) is 14.1 Å². The van der Waals surface area contributed by atoms with Crippen LogP contribution >= 0.6 is 46.9 Å². The molecule has 1 aromatic heterocycles. The molecule has 0 aliphatic carbocycles. The van der Waals surface area contributed by atoms with Gasteiger partial charge in [-0.05, 0) is 32.9 Å². The minimum atomic E-state index is -0.841. The highest BCUT2D eigenvalue weighted by Gasteiger charge is 2.21. The van der Waals surface area contributed by atoms with Gasteiger partial charge in [0, 0.05) is 72.5 Å². The van der Waals surface area contributed by atoms with Gasteiger partial charge in [-0.25, -0.2) is 0 Å². The second-order valence-electron chi connectivity index (χ2n) is 7.11. The van der Waals surface area contributed by atoms with Crippen molar-refractivity contribution in [3.05, 3.63) is 21.3 Å². The molecule has 1 N–H and O–H groups in total. The van der Waals surface area contributed by atoms with Crippen LogP contribution < -0.4 is 5.32 Å². The van der Waals surface area contributed by atoms with Crippen molar-refractivity contribution in [1.82, 2.24) is 15.1 Å². The molecule has 0 bridgehead atoms. The number of nitrogens with one attached hydrogen (secondary N) is 1. The molecule has 150 valence electrons. The summed E-state index contributed by atoms with van der Waals surface area (Å²) in [6.45, 7) is 11.6. The third kappa shape index (κ3) is 7.61. The van der Waals surface area contributed by atoms with Gasteiger partial charge in [0.05, 0.1) is 4.34 Å². The SMILES string of the molecule is CN=C(NCCS(=O)C(C)(C)C)N1CCN(Cc2ccc(Cl)s2)CC1.I. The Hall–Kier alpha value is 0.1000. The lowest BCUT2D eigenvalue weighted by Crippen LogP contribution is -2.52. The summed E-state index contributed by atoms with van der Waals surface area (Å²) in [5.41, 5.74) is 0. The summed E-state index contributed by atoms with van der Waals surface area (Å²) in [5.74, 6) is 1.55. The number of rotatable bonds is 5. The summed E-state index contributed by atoms with van der Waals surface area (Å²) in [6, 6.07) is 4.07. The lowest BCUT2D eigenvalue weighted by molar-refractivity contribution is 0.174. The predicted octanol–water partition coefficient (Wildman–Crippen LogP) is 3.26. The molecule has 1 fully saturated rings. The standard InChI is InChI=1S/C17H29ClN4OS2.HI/c1-17(2,3)25(23)12-7-20-16(19-4)22-10-8-21(9-11-22)13-14-5-6-15(18)24-14;/h5-6H,7-13H2,1-4H3,(H,19,20);1H. The Labute approximate surface area is 186 Å². The summed E-state index contributed by atoms with van der Waals surface area (Å²) in [5, 5.41) is 3.36. The van der Waals surface area contributed by atoms with Crippen LogP contribution in [0.4, 0.5) is 0 Å². The molecule has 1 aliphatic heterocycles. The van der Waals surface area contributed by atoms with Crippen LogP contribution in [0, 0.1) is 0 Å². The molecule has 1 aromatic rings. The van der Waals surface area contributed by atoms with E-state index in [2.05, 4.69) is 26.2 Å². The fraction of sp³-hybridized carbons (Fsp3) is 0.706. The zero-order valence-corrected chi connectivity index (χ0v) is 20.7. The second-order valence-corrected chi connectivity index (χ2v) is 11.2. The van der Waals surface area contributed by atoms with Gasteiger partial charge in [0.2, 0.25) is 0 Å². The van der Waals surface area contributed by atoms with Crippen molar-refractivity contribution in [3.8, 4) is 0 Å². The van der Waals surface area contributed by atoms with Gasteiger partial charge >= 0.3 is 0 Å². The molecule has 1 saturated heterocycles. The van der Waals surface area contributed by atoms with E-state index >= 15 is 0 Å². The molecular weight excluding hydrogens is 503 g/mol. The van der Waals surface area contributed by atoms with E-state index in [0.29, 0.717) is 12.3 Å². The Morgan fingerprint density at radius 1 is 1.31 bits per heavy atom. The normalized spacial score (nSPS) is 17.7. The van der Waals surface area contributed by atoms with Crippen molar-refractivity contribution in [3.63, 3.8) is 0 Å². The van der Waals surface area contributed by atoms with Gasteiger partial charge in [0.25, 0.3) is 0 Å². The average Bonchev–Trinajstić information content (AvgIpc) is 2.96. The minimum absolute atomic E-state index is 0. The number of hydrogen-bond acceptors (Lipinski definition) is 4. The highest BCUT2D eigenvalue weighted by molar-refractivity contribution is 14.0. The molecule has 0 saturated carbocycles. The summed E-state index contributed by atoms with van der Waals surface area (Å²) in [6.07, 6.45) is 0. The van der Waals surface area contributed by atoms with Crippen LogP contribution in [0.2, 0.25) is 4.34 Å². The summed E-state index contributed by atoms with van der Waals surface area (Å²) < 4.78 is 12.8. The Kier molecular flexibility index (Phi) is 10.4. The van der Waals surface area contributed by atoms with Gasteiger partial charge in [0.1, 0.15) is 0 Å². The molecule has 0 aromatic carbocycles. The maximum Gasteiger partial charge on any atom is 0.193 e.